The number of fused-ring (bicyclic) bond motifs is 1. The molecule has 2 nitrogen and oxygen atoms in total. The fourth-order valence-corrected chi connectivity index (χ4v) is 4.41. The second-order valence-corrected chi connectivity index (χ2v) is 9.83. The molecule has 0 unspecified atom stereocenters. The lowest BCUT2D eigenvalue weighted by Gasteiger charge is -2.42. The summed E-state index contributed by atoms with van der Waals surface area (Å²) >= 11 is 0. The van der Waals surface area contributed by atoms with Crippen molar-refractivity contribution in [1.29, 1.82) is 0 Å². The molecule has 2 aromatic rings. The van der Waals surface area contributed by atoms with Crippen molar-refractivity contribution in [3.8, 4) is 0 Å². The van der Waals surface area contributed by atoms with E-state index in [-0.39, 0.29) is 10.8 Å². The first kappa shape index (κ1) is 19.0. The van der Waals surface area contributed by atoms with Gasteiger partial charge in [0.25, 0.3) is 0 Å². The monoisotopic (exact) mass is 374 g/mol. The largest absolute Gasteiger partial charge is 0.478 e. The summed E-state index contributed by atoms with van der Waals surface area (Å²) in [4.78, 5) is 11.2. The van der Waals surface area contributed by atoms with Crippen LogP contribution in [-0.4, -0.2) is 11.1 Å². The van der Waals surface area contributed by atoms with Gasteiger partial charge in [0.15, 0.2) is 0 Å². The summed E-state index contributed by atoms with van der Waals surface area (Å²) in [6, 6.07) is 14.3. The number of benzene rings is 2. The average molecular weight is 375 g/mol. The molecule has 0 aliphatic heterocycles. The Hall–Kier alpha value is -2.35. The first-order chi connectivity index (χ1) is 13.2. The summed E-state index contributed by atoms with van der Waals surface area (Å²) < 4.78 is 0. The van der Waals surface area contributed by atoms with Gasteiger partial charge in [0.1, 0.15) is 0 Å². The van der Waals surface area contributed by atoms with Crippen molar-refractivity contribution in [3.63, 3.8) is 0 Å². The molecule has 2 aliphatic rings. The van der Waals surface area contributed by atoms with Gasteiger partial charge in [0.2, 0.25) is 0 Å². The molecule has 146 valence electrons. The van der Waals surface area contributed by atoms with E-state index < -0.39 is 5.97 Å². The van der Waals surface area contributed by atoms with Crippen molar-refractivity contribution in [2.24, 2.45) is 5.92 Å². The molecule has 1 N–H and O–H groups in total. The van der Waals surface area contributed by atoms with Gasteiger partial charge >= 0.3 is 5.97 Å². The molecule has 0 aromatic heterocycles. The smallest absolute Gasteiger partial charge is 0.335 e. The van der Waals surface area contributed by atoms with E-state index in [0.29, 0.717) is 11.5 Å². The van der Waals surface area contributed by atoms with Crippen LogP contribution in [0.3, 0.4) is 0 Å². The molecule has 1 fully saturated rings. The van der Waals surface area contributed by atoms with Crippen LogP contribution in [0.25, 0.3) is 5.57 Å². The third kappa shape index (κ3) is 3.53. The third-order valence-electron chi connectivity index (χ3n) is 6.63. The van der Waals surface area contributed by atoms with Gasteiger partial charge in [-0.2, -0.15) is 0 Å². The zero-order chi connectivity index (χ0) is 20.1. The number of aromatic carboxylic acids is 1. The van der Waals surface area contributed by atoms with E-state index in [0.717, 1.165) is 5.56 Å². The highest BCUT2D eigenvalue weighted by atomic mass is 16.4. The van der Waals surface area contributed by atoms with Crippen LogP contribution in [-0.2, 0) is 10.8 Å². The Kier molecular flexibility index (Phi) is 4.49. The van der Waals surface area contributed by atoms with E-state index in [1.807, 2.05) is 12.1 Å². The number of rotatable bonds is 4. The topological polar surface area (TPSA) is 37.3 Å². The van der Waals surface area contributed by atoms with Crippen molar-refractivity contribution in [2.75, 3.05) is 0 Å². The Morgan fingerprint density at radius 2 is 1.39 bits per heavy atom. The lowest BCUT2D eigenvalue weighted by molar-refractivity contribution is 0.0697. The summed E-state index contributed by atoms with van der Waals surface area (Å²) in [6.45, 7) is 9.42. The zero-order valence-corrected chi connectivity index (χ0v) is 17.4. The Morgan fingerprint density at radius 1 is 0.857 bits per heavy atom. The van der Waals surface area contributed by atoms with E-state index in [9.17, 15) is 9.90 Å². The van der Waals surface area contributed by atoms with Crippen LogP contribution in [0.5, 0.6) is 0 Å². The minimum Gasteiger partial charge on any atom is -0.478 e. The molecule has 0 atom stereocenters. The highest BCUT2D eigenvalue weighted by molar-refractivity contribution is 5.89. The number of allylic oxidation sites excluding steroid dienone is 1. The van der Waals surface area contributed by atoms with E-state index in [1.54, 1.807) is 12.1 Å². The van der Waals surface area contributed by atoms with Gasteiger partial charge in [-0.05, 0) is 82.4 Å². The number of carboxylic acid groups (broad SMARTS) is 1. The molecule has 2 aliphatic carbocycles. The van der Waals surface area contributed by atoms with Gasteiger partial charge in [-0.25, -0.2) is 4.79 Å². The SMILES string of the molecule is CC1(C)CCC(C)(C)c2cc(/C(=C/C3CC3)c3ccc(C(=O)O)cc3)ccc21. The Morgan fingerprint density at radius 3 is 1.96 bits per heavy atom. The molecule has 1 saturated carbocycles. The van der Waals surface area contributed by atoms with Crippen LogP contribution in [0, 0.1) is 5.92 Å². The number of hydrogen-bond acceptors (Lipinski definition) is 1. The second kappa shape index (κ2) is 6.62. The van der Waals surface area contributed by atoms with Crippen molar-refractivity contribution < 1.29 is 9.90 Å². The highest BCUT2D eigenvalue weighted by Crippen LogP contribution is 2.47. The maximum atomic E-state index is 11.2. The molecule has 0 bridgehead atoms. The maximum absolute atomic E-state index is 11.2. The number of carbonyl (C=O) groups is 1. The van der Waals surface area contributed by atoms with Gasteiger partial charge in [0, 0.05) is 0 Å². The fourth-order valence-electron chi connectivity index (χ4n) is 4.41. The molecule has 0 spiro atoms. The third-order valence-corrected chi connectivity index (χ3v) is 6.63. The minimum atomic E-state index is -0.878. The lowest BCUT2D eigenvalue weighted by Crippen LogP contribution is -2.33. The second-order valence-electron chi connectivity index (χ2n) is 9.83. The molecule has 0 amide bonds. The predicted molar refractivity (Wildman–Crippen MR) is 115 cm³/mol. The Labute approximate surface area is 168 Å². The van der Waals surface area contributed by atoms with Crippen LogP contribution in [0.4, 0.5) is 0 Å². The van der Waals surface area contributed by atoms with Gasteiger partial charge in [0.05, 0.1) is 5.56 Å². The molecular weight excluding hydrogens is 344 g/mol. The van der Waals surface area contributed by atoms with Crippen molar-refractivity contribution in [3.05, 3.63) is 76.4 Å². The molecule has 4 rings (SSSR count). The molecule has 2 heteroatoms. The Bertz CT molecular complexity index is 941. The summed E-state index contributed by atoms with van der Waals surface area (Å²) in [5.74, 6) is -0.230. The van der Waals surface area contributed by atoms with Crippen LogP contribution >= 0.6 is 0 Å². The summed E-state index contributed by atoms with van der Waals surface area (Å²) in [5.41, 5.74) is 7.25. The number of carboxylic acids is 1. The van der Waals surface area contributed by atoms with Gasteiger partial charge in [-0.1, -0.05) is 64.1 Å². The quantitative estimate of drug-likeness (QED) is 0.656. The summed E-state index contributed by atoms with van der Waals surface area (Å²) in [7, 11) is 0. The van der Waals surface area contributed by atoms with E-state index >= 15 is 0 Å². The first-order valence-corrected chi connectivity index (χ1v) is 10.4. The van der Waals surface area contributed by atoms with E-state index in [4.69, 9.17) is 0 Å². The average Bonchev–Trinajstić information content (AvgIpc) is 3.48. The zero-order valence-electron chi connectivity index (χ0n) is 17.4. The van der Waals surface area contributed by atoms with Crippen molar-refractivity contribution in [2.45, 2.75) is 64.2 Å². The van der Waals surface area contributed by atoms with Crippen LogP contribution in [0.15, 0.2) is 48.5 Å². The maximum Gasteiger partial charge on any atom is 0.335 e. The van der Waals surface area contributed by atoms with Crippen LogP contribution in [0.2, 0.25) is 0 Å². The first-order valence-electron chi connectivity index (χ1n) is 10.4. The molecule has 0 radical (unpaired) electrons. The van der Waals surface area contributed by atoms with E-state index in [2.05, 4.69) is 52.0 Å². The molecular formula is C26H30O2. The minimum absolute atomic E-state index is 0.179. The van der Waals surface area contributed by atoms with Crippen molar-refractivity contribution >= 4 is 11.5 Å². The van der Waals surface area contributed by atoms with Crippen molar-refractivity contribution in [1.82, 2.24) is 0 Å². The number of hydrogen-bond donors (Lipinski definition) is 1. The Balaban J connectivity index is 1.81. The standard InChI is InChI=1S/C26H30O2/c1-25(2)13-14-26(3,4)23-16-20(11-12-22(23)25)21(15-17-5-6-17)18-7-9-19(10-8-18)24(27)28/h7-12,15-17H,5-6,13-14H2,1-4H3,(H,27,28)/b21-15+. The highest BCUT2D eigenvalue weighted by Gasteiger charge is 2.37. The van der Waals surface area contributed by atoms with Gasteiger partial charge < -0.3 is 5.11 Å². The molecule has 2 aromatic carbocycles. The summed E-state index contributed by atoms with van der Waals surface area (Å²) in [5, 5.41) is 9.21. The summed E-state index contributed by atoms with van der Waals surface area (Å²) in [6.07, 6.45) is 7.30. The van der Waals surface area contributed by atoms with E-state index in [1.165, 1.54) is 47.9 Å². The molecule has 0 heterocycles. The predicted octanol–water partition coefficient (Wildman–Crippen LogP) is 6.58. The normalized spacial score (nSPS) is 20.5. The van der Waals surface area contributed by atoms with Gasteiger partial charge in [-0.15, -0.1) is 0 Å². The van der Waals surface area contributed by atoms with Crippen LogP contribution < -0.4 is 0 Å². The van der Waals surface area contributed by atoms with Crippen LogP contribution in [0.1, 0.15) is 86.0 Å². The molecule has 28 heavy (non-hydrogen) atoms. The molecule has 0 saturated heterocycles. The van der Waals surface area contributed by atoms with Gasteiger partial charge in [-0.3, -0.25) is 0 Å². The fraction of sp³-hybridized carbons (Fsp3) is 0.423. The lowest BCUT2D eigenvalue weighted by atomic mass is 9.63.